The van der Waals surface area contributed by atoms with Gasteiger partial charge in [-0.05, 0) is 40.0 Å². The minimum atomic E-state index is -3.64. The molecule has 0 saturated heterocycles. The van der Waals surface area contributed by atoms with Gasteiger partial charge in [-0.15, -0.1) is 0 Å². The normalized spacial score (nSPS) is 11.8. The first-order valence-electron chi connectivity index (χ1n) is 6.29. The van der Waals surface area contributed by atoms with E-state index in [1.165, 1.54) is 6.07 Å². The van der Waals surface area contributed by atoms with Crippen LogP contribution in [0.2, 0.25) is 0 Å². The Labute approximate surface area is 132 Å². The largest absolute Gasteiger partial charge is 0.392 e. The van der Waals surface area contributed by atoms with E-state index in [-0.39, 0.29) is 18.0 Å². The molecule has 0 aliphatic heterocycles. The van der Waals surface area contributed by atoms with Gasteiger partial charge >= 0.3 is 0 Å². The topological polar surface area (TPSA) is 84.2 Å². The SMILES string of the molecule is Cc1cc(CO)cc(S(=O)(=O)NCCn2ccnc2)c1Br. The van der Waals surface area contributed by atoms with Gasteiger partial charge in [0.1, 0.15) is 0 Å². The number of aliphatic hydroxyl groups excluding tert-OH is 1. The van der Waals surface area contributed by atoms with Gasteiger partial charge in [0.05, 0.1) is 17.8 Å². The van der Waals surface area contributed by atoms with Crippen molar-refractivity contribution in [3.8, 4) is 0 Å². The number of hydrogen-bond acceptors (Lipinski definition) is 4. The van der Waals surface area contributed by atoms with E-state index >= 15 is 0 Å². The fourth-order valence-corrected chi connectivity index (χ4v) is 3.99. The zero-order valence-corrected chi connectivity index (χ0v) is 13.9. The highest BCUT2D eigenvalue weighted by molar-refractivity contribution is 9.10. The van der Waals surface area contributed by atoms with Crippen LogP contribution in [0.3, 0.4) is 0 Å². The number of benzene rings is 1. The number of imidazole rings is 1. The van der Waals surface area contributed by atoms with Crippen LogP contribution in [-0.4, -0.2) is 29.6 Å². The van der Waals surface area contributed by atoms with Crippen molar-refractivity contribution < 1.29 is 13.5 Å². The molecule has 0 radical (unpaired) electrons. The average molecular weight is 374 g/mol. The van der Waals surface area contributed by atoms with E-state index in [1.54, 1.807) is 36.3 Å². The second kappa shape index (κ2) is 6.69. The molecule has 0 atom stereocenters. The van der Waals surface area contributed by atoms with Crippen molar-refractivity contribution in [3.05, 3.63) is 46.5 Å². The van der Waals surface area contributed by atoms with Crippen LogP contribution in [-0.2, 0) is 23.2 Å². The van der Waals surface area contributed by atoms with Crippen LogP contribution >= 0.6 is 15.9 Å². The molecule has 114 valence electrons. The zero-order valence-electron chi connectivity index (χ0n) is 11.5. The highest BCUT2D eigenvalue weighted by Gasteiger charge is 2.19. The molecule has 0 bridgehead atoms. The van der Waals surface area contributed by atoms with Crippen molar-refractivity contribution in [3.63, 3.8) is 0 Å². The van der Waals surface area contributed by atoms with Crippen LogP contribution in [0.25, 0.3) is 0 Å². The predicted octanol–water partition coefficient (Wildman–Crippen LogP) is 1.42. The molecular weight excluding hydrogens is 358 g/mol. The van der Waals surface area contributed by atoms with Gasteiger partial charge in [-0.1, -0.05) is 6.07 Å². The Hall–Kier alpha value is -1.22. The number of hydrogen-bond donors (Lipinski definition) is 2. The first-order valence-corrected chi connectivity index (χ1v) is 8.57. The third-order valence-corrected chi connectivity index (χ3v) is 5.77. The second-order valence-corrected chi connectivity index (χ2v) is 7.11. The highest BCUT2D eigenvalue weighted by Crippen LogP contribution is 2.27. The summed E-state index contributed by atoms with van der Waals surface area (Å²) < 4.78 is 29.5. The van der Waals surface area contributed by atoms with Gasteiger partial charge < -0.3 is 9.67 Å². The Kier molecular flexibility index (Phi) is 5.15. The van der Waals surface area contributed by atoms with E-state index in [0.717, 1.165) is 5.56 Å². The van der Waals surface area contributed by atoms with Crippen LogP contribution in [0.5, 0.6) is 0 Å². The van der Waals surface area contributed by atoms with Crippen LogP contribution < -0.4 is 4.72 Å². The molecule has 8 heteroatoms. The Morgan fingerprint density at radius 3 is 2.81 bits per heavy atom. The van der Waals surface area contributed by atoms with E-state index in [0.29, 0.717) is 16.6 Å². The van der Waals surface area contributed by atoms with Gasteiger partial charge in [-0.3, -0.25) is 0 Å². The maximum absolute atomic E-state index is 12.4. The van der Waals surface area contributed by atoms with E-state index in [9.17, 15) is 13.5 Å². The molecule has 21 heavy (non-hydrogen) atoms. The third-order valence-electron chi connectivity index (χ3n) is 2.97. The molecule has 2 rings (SSSR count). The monoisotopic (exact) mass is 373 g/mol. The fraction of sp³-hybridized carbons (Fsp3) is 0.308. The summed E-state index contributed by atoms with van der Waals surface area (Å²) in [6.45, 7) is 2.34. The summed E-state index contributed by atoms with van der Waals surface area (Å²) in [5.41, 5.74) is 1.32. The third kappa shape index (κ3) is 3.91. The highest BCUT2D eigenvalue weighted by atomic mass is 79.9. The molecule has 1 aromatic heterocycles. The number of aryl methyl sites for hydroxylation is 1. The lowest BCUT2D eigenvalue weighted by Crippen LogP contribution is -2.27. The van der Waals surface area contributed by atoms with E-state index in [4.69, 9.17) is 0 Å². The van der Waals surface area contributed by atoms with Crippen molar-refractivity contribution in [1.82, 2.24) is 14.3 Å². The Balaban J connectivity index is 2.17. The van der Waals surface area contributed by atoms with Gasteiger partial charge in [-0.2, -0.15) is 0 Å². The summed E-state index contributed by atoms with van der Waals surface area (Å²) in [4.78, 5) is 4.03. The summed E-state index contributed by atoms with van der Waals surface area (Å²) >= 11 is 3.29. The standard InChI is InChI=1S/C13H16BrN3O3S/c1-10-6-11(8-18)7-12(13(10)14)21(19,20)16-3-5-17-4-2-15-9-17/h2,4,6-7,9,16,18H,3,5,8H2,1H3. The second-order valence-electron chi connectivity index (χ2n) is 4.58. The van der Waals surface area contributed by atoms with E-state index in [1.807, 2.05) is 0 Å². The zero-order chi connectivity index (χ0) is 15.5. The lowest BCUT2D eigenvalue weighted by molar-refractivity contribution is 0.281. The molecule has 2 aromatic rings. The summed E-state index contributed by atoms with van der Waals surface area (Å²) in [5.74, 6) is 0. The Bertz CT molecular complexity index is 715. The first-order chi connectivity index (χ1) is 9.94. The average Bonchev–Trinajstić information content (AvgIpc) is 2.94. The van der Waals surface area contributed by atoms with Crippen molar-refractivity contribution >= 4 is 26.0 Å². The number of nitrogens with one attached hydrogen (secondary N) is 1. The predicted molar refractivity (Wildman–Crippen MR) is 82.2 cm³/mol. The summed E-state index contributed by atoms with van der Waals surface area (Å²) in [5, 5.41) is 9.20. The number of rotatable bonds is 6. The van der Waals surface area contributed by atoms with Gasteiger partial charge in [0.25, 0.3) is 0 Å². The summed E-state index contributed by atoms with van der Waals surface area (Å²) in [6.07, 6.45) is 5.03. The van der Waals surface area contributed by atoms with Crippen molar-refractivity contribution in [2.24, 2.45) is 0 Å². The van der Waals surface area contributed by atoms with E-state index < -0.39 is 10.0 Å². The minimum Gasteiger partial charge on any atom is -0.392 e. The maximum Gasteiger partial charge on any atom is 0.241 e. The molecule has 6 nitrogen and oxygen atoms in total. The Morgan fingerprint density at radius 1 is 1.43 bits per heavy atom. The number of nitrogens with zero attached hydrogens (tertiary/aromatic N) is 2. The molecule has 0 saturated carbocycles. The molecule has 0 aliphatic carbocycles. The number of aliphatic hydroxyl groups is 1. The number of halogens is 1. The molecule has 0 unspecified atom stereocenters. The van der Waals surface area contributed by atoms with Gasteiger partial charge in [0, 0.05) is 30.0 Å². The van der Waals surface area contributed by atoms with Crippen LogP contribution in [0.4, 0.5) is 0 Å². The lowest BCUT2D eigenvalue weighted by Gasteiger charge is -2.12. The van der Waals surface area contributed by atoms with Crippen molar-refractivity contribution in [1.29, 1.82) is 0 Å². The van der Waals surface area contributed by atoms with Crippen molar-refractivity contribution in [2.75, 3.05) is 6.54 Å². The van der Waals surface area contributed by atoms with Gasteiger partial charge in [0.2, 0.25) is 10.0 Å². The van der Waals surface area contributed by atoms with Crippen LogP contribution in [0.15, 0.2) is 40.2 Å². The molecule has 0 aliphatic rings. The van der Waals surface area contributed by atoms with E-state index in [2.05, 4.69) is 25.6 Å². The minimum absolute atomic E-state index is 0.136. The first kappa shape index (κ1) is 16.2. The van der Waals surface area contributed by atoms with Gasteiger partial charge in [-0.25, -0.2) is 18.1 Å². The molecule has 1 heterocycles. The van der Waals surface area contributed by atoms with Crippen LogP contribution in [0.1, 0.15) is 11.1 Å². The molecule has 0 fully saturated rings. The smallest absolute Gasteiger partial charge is 0.241 e. The molecule has 1 aromatic carbocycles. The van der Waals surface area contributed by atoms with Gasteiger partial charge in [0.15, 0.2) is 0 Å². The summed E-state index contributed by atoms with van der Waals surface area (Å²) in [6, 6.07) is 3.21. The number of sulfonamides is 1. The van der Waals surface area contributed by atoms with Crippen molar-refractivity contribution in [2.45, 2.75) is 25.0 Å². The molecular formula is C13H16BrN3O3S. The molecule has 2 N–H and O–H groups in total. The quantitative estimate of drug-likeness (QED) is 0.801. The Morgan fingerprint density at radius 2 is 2.19 bits per heavy atom. The maximum atomic E-state index is 12.4. The summed E-state index contributed by atoms with van der Waals surface area (Å²) in [7, 11) is -3.64. The number of aromatic nitrogens is 2. The van der Waals surface area contributed by atoms with Crippen LogP contribution in [0, 0.1) is 6.92 Å². The lowest BCUT2D eigenvalue weighted by atomic mass is 10.1. The molecule has 0 amide bonds. The molecule has 0 spiro atoms. The fourth-order valence-electron chi connectivity index (χ4n) is 1.90.